The molecule has 0 bridgehead atoms. The van der Waals surface area contributed by atoms with E-state index in [0.717, 1.165) is 34.9 Å². The maximum Gasteiger partial charge on any atom is 0.139 e. The highest BCUT2D eigenvalue weighted by atomic mass is 16.3. The van der Waals surface area contributed by atoms with E-state index in [0.29, 0.717) is 24.4 Å². The van der Waals surface area contributed by atoms with Gasteiger partial charge in [-0.3, -0.25) is 4.79 Å². The molecule has 6 nitrogen and oxygen atoms in total. The predicted molar refractivity (Wildman–Crippen MR) is 82.5 cm³/mol. The Kier molecular flexibility index (Phi) is 3.00. The van der Waals surface area contributed by atoms with Crippen LogP contribution in [0.1, 0.15) is 50.6 Å². The van der Waals surface area contributed by atoms with Gasteiger partial charge in [-0.2, -0.15) is 0 Å². The molecule has 2 N–H and O–H groups in total. The zero-order chi connectivity index (χ0) is 15.3. The molecule has 1 fully saturated rings. The molecule has 1 unspecified atom stereocenters. The summed E-state index contributed by atoms with van der Waals surface area (Å²) in [6, 6.07) is 2.19. The molecular weight excluding hydrogens is 280 g/mol. The highest BCUT2D eigenvalue weighted by Crippen LogP contribution is 2.35. The van der Waals surface area contributed by atoms with Gasteiger partial charge in [0.2, 0.25) is 0 Å². The number of aromatic nitrogens is 4. The third-order valence-electron chi connectivity index (χ3n) is 4.51. The van der Waals surface area contributed by atoms with Gasteiger partial charge in [-0.15, -0.1) is 0 Å². The summed E-state index contributed by atoms with van der Waals surface area (Å²) < 4.78 is 2.13. The van der Waals surface area contributed by atoms with Gasteiger partial charge in [0, 0.05) is 30.5 Å². The average molecular weight is 298 g/mol. The van der Waals surface area contributed by atoms with Gasteiger partial charge in [-0.05, 0) is 25.8 Å². The number of nitrogens with one attached hydrogen (secondary N) is 1. The van der Waals surface area contributed by atoms with E-state index in [9.17, 15) is 9.90 Å². The topological polar surface area (TPSA) is 83.8 Å². The van der Waals surface area contributed by atoms with Crippen LogP contribution in [0.15, 0.2) is 18.5 Å². The molecule has 0 radical (unpaired) electrons. The SMILES string of the molecule is CC(O)c1nc2cnc3[nH]ccc3c2n1C1CCC(=O)CC1. The van der Waals surface area contributed by atoms with Gasteiger partial charge in [0.25, 0.3) is 0 Å². The molecule has 0 aliphatic heterocycles. The first-order chi connectivity index (χ1) is 10.6. The molecule has 114 valence electrons. The van der Waals surface area contributed by atoms with Gasteiger partial charge in [-0.25, -0.2) is 9.97 Å². The van der Waals surface area contributed by atoms with Crippen molar-refractivity contribution in [2.45, 2.75) is 44.8 Å². The fraction of sp³-hybridized carbons (Fsp3) is 0.438. The summed E-state index contributed by atoms with van der Waals surface area (Å²) in [5.74, 6) is 0.984. The van der Waals surface area contributed by atoms with Gasteiger partial charge in [0.15, 0.2) is 0 Å². The van der Waals surface area contributed by atoms with Gasteiger partial charge in [-0.1, -0.05) is 0 Å². The van der Waals surface area contributed by atoms with Crippen molar-refractivity contribution in [1.29, 1.82) is 0 Å². The van der Waals surface area contributed by atoms with E-state index >= 15 is 0 Å². The summed E-state index contributed by atoms with van der Waals surface area (Å²) in [5.41, 5.74) is 2.61. The minimum absolute atomic E-state index is 0.202. The van der Waals surface area contributed by atoms with Crippen LogP contribution in [-0.4, -0.2) is 30.4 Å². The molecule has 1 aliphatic rings. The number of aliphatic hydroxyl groups is 1. The number of rotatable bonds is 2. The van der Waals surface area contributed by atoms with E-state index in [1.165, 1.54) is 0 Å². The third-order valence-corrected chi connectivity index (χ3v) is 4.51. The number of fused-ring (bicyclic) bond motifs is 3. The number of pyridine rings is 1. The number of ketones is 1. The number of hydrogen-bond donors (Lipinski definition) is 2. The number of Topliss-reactive ketones (excluding diaryl/α,β-unsaturated/α-hetero) is 1. The van der Waals surface area contributed by atoms with Crippen LogP contribution in [-0.2, 0) is 4.79 Å². The number of imidazole rings is 1. The number of aliphatic hydroxyl groups excluding tert-OH is 1. The average Bonchev–Trinajstić information content (AvgIpc) is 3.11. The second kappa shape index (κ2) is 4.91. The van der Waals surface area contributed by atoms with Gasteiger partial charge >= 0.3 is 0 Å². The Bertz CT molecular complexity index is 852. The zero-order valence-electron chi connectivity index (χ0n) is 12.4. The number of carbonyl (C=O) groups is 1. The summed E-state index contributed by atoms with van der Waals surface area (Å²) in [6.07, 6.45) is 5.76. The molecule has 1 atom stereocenters. The summed E-state index contributed by atoms with van der Waals surface area (Å²) in [6.45, 7) is 1.73. The largest absolute Gasteiger partial charge is 0.385 e. The Morgan fingerprint density at radius 2 is 2.18 bits per heavy atom. The first-order valence-electron chi connectivity index (χ1n) is 7.69. The van der Waals surface area contributed by atoms with Crippen LogP contribution < -0.4 is 0 Å². The standard InChI is InChI=1S/C16H18N4O2/c1-9(21)16-19-13-8-18-15-12(6-7-17-15)14(13)20(16)10-2-4-11(22)5-3-10/h6-10,21H,2-5H2,1H3,(H,17,18). The summed E-state index contributed by atoms with van der Waals surface area (Å²) >= 11 is 0. The molecule has 4 rings (SSSR count). The molecule has 0 spiro atoms. The lowest BCUT2D eigenvalue weighted by Gasteiger charge is -2.25. The molecule has 3 aromatic rings. The number of nitrogens with zero attached hydrogens (tertiary/aromatic N) is 3. The summed E-state index contributed by atoms with van der Waals surface area (Å²) in [7, 11) is 0. The van der Waals surface area contributed by atoms with E-state index < -0.39 is 6.10 Å². The monoisotopic (exact) mass is 298 g/mol. The Hall–Kier alpha value is -2.21. The summed E-state index contributed by atoms with van der Waals surface area (Å²) in [5, 5.41) is 11.1. The van der Waals surface area contributed by atoms with Gasteiger partial charge in [0.05, 0.1) is 11.7 Å². The number of carbonyl (C=O) groups excluding carboxylic acids is 1. The molecule has 3 aromatic heterocycles. The molecule has 0 saturated heterocycles. The quantitative estimate of drug-likeness (QED) is 0.762. The van der Waals surface area contributed by atoms with Crippen LogP contribution in [0.4, 0.5) is 0 Å². The Balaban J connectivity index is 1.98. The van der Waals surface area contributed by atoms with E-state index in [4.69, 9.17) is 0 Å². The molecule has 0 aromatic carbocycles. The van der Waals surface area contributed by atoms with Crippen molar-refractivity contribution in [2.24, 2.45) is 0 Å². The van der Waals surface area contributed by atoms with Crippen molar-refractivity contribution in [3.8, 4) is 0 Å². The van der Waals surface area contributed by atoms with Crippen molar-refractivity contribution < 1.29 is 9.90 Å². The van der Waals surface area contributed by atoms with Crippen LogP contribution in [0, 0.1) is 0 Å². The molecular formula is C16H18N4O2. The van der Waals surface area contributed by atoms with E-state index in [-0.39, 0.29) is 6.04 Å². The van der Waals surface area contributed by atoms with Crippen LogP contribution in [0.3, 0.4) is 0 Å². The molecule has 3 heterocycles. The highest BCUT2D eigenvalue weighted by Gasteiger charge is 2.27. The van der Waals surface area contributed by atoms with Crippen LogP contribution >= 0.6 is 0 Å². The van der Waals surface area contributed by atoms with Gasteiger partial charge in [0.1, 0.15) is 28.9 Å². The Labute approximate surface area is 127 Å². The Morgan fingerprint density at radius 1 is 1.41 bits per heavy atom. The van der Waals surface area contributed by atoms with Crippen molar-refractivity contribution >= 4 is 27.9 Å². The van der Waals surface area contributed by atoms with Crippen molar-refractivity contribution in [1.82, 2.24) is 19.5 Å². The van der Waals surface area contributed by atoms with Crippen LogP contribution in [0.5, 0.6) is 0 Å². The molecule has 22 heavy (non-hydrogen) atoms. The lowest BCUT2D eigenvalue weighted by atomic mass is 9.94. The lowest BCUT2D eigenvalue weighted by Crippen LogP contribution is -2.20. The maximum absolute atomic E-state index is 11.5. The van der Waals surface area contributed by atoms with E-state index in [1.807, 2.05) is 12.3 Å². The normalized spacial score (nSPS) is 18.4. The minimum Gasteiger partial charge on any atom is -0.385 e. The second-order valence-electron chi connectivity index (χ2n) is 6.02. The van der Waals surface area contributed by atoms with Crippen molar-refractivity contribution in [2.75, 3.05) is 0 Å². The third kappa shape index (κ3) is 1.94. The van der Waals surface area contributed by atoms with Crippen LogP contribution in [0.2, 0.25) is 0 Å². The van der Waals surface area contributed by atoms with E-state index in [2.05, 4.69) is 19.5 Å². The molecule has 1 aliphatic carbocycles. The zero-order valence-corrected chi connectivity index (χ0v) is 12.4. The van der Waals surface area contributed by atoms with E-state index in [1.54, 1.807) is 13.1 Å². The molecule has 0 amide bonds. The van der Waals surface area contributed by atoms with Crippen LogP contribution in [0.25, 0.3) is 22.1 Å². The summed E-state index contributed by atoms with van der Waals surface area (Å²) in [4.78, 5) is 23.6. The molecule has 1 saturated carbocycles. The fourth-order valence-corrected chi connectivity index (χ4v) is 3.46. The maximum atomic E-state index is 11.5. The first-order valence-corrected chi connectivity index (χ1v) is 7.69. The first kappa shape index (κ1) is 13.5. The predicted octanol–water partition coefficient (Wildman–Crippen LogP) is 2.65. The van der Waals surface area contributed by atoms with Gasteiger partial charge < -0.3 is 14.7 Å². The minimum atomic E-state index is -0.654. The smallest absolute Gasteiger partial charge is 0.139 e. The lowest BCUT2D eigenvalue weighted by molar-refractivity contribution is -0.120. The number of H-pyrrole nitrogens is 1. The second-order valence-corrected chi connectivity index (χ2v) is 6.02. The number of hydrogen-bond acceptors (Lipinski definition) is 4. The Morgan fingerprint density at radius 3 is 2.91 bits per heavy atom. The molecule has 6 heteroatoms. The van der Waals surface area contributed by atoms with Crippen molar-refractivity contribution in [3.63, 3.8) is 0 Å². The number of aromatic amines is 1. The highest BCUT2D eigenvalue weighted by molar-refractivity contribution is 6.01. The fourth-order valence-electron chi connectivity index (χ4n) is 3.46. The van der Waals surface area contributed by atoms with Crippen molar-refractivity contribution in [3.05, 3.63) is 24.3 Å².